The van der Waals surface area contributed by atoms with Crippen molar-refractivity contribution in [2.45, 2.75) is 64.2 Å². The van der Waals surface area contributed by atoms with Crippen molar-refractivity contribution in [3.05, 3.63) is 29.3 Å². The molecule has 0 bridgehead atoms. The van der Waals surface area contributed by atoms with Gasteiger partial charge in [-0.05, 0) is 43.2 Å². The second-order valence-corrected chi connectivity index (χ2v) is 5.76. The van der Waals surface area contributed by atoms with Crippen LogP contribution in [0.1, 0.15) is 64.4 Å². The number of hydrogen-bond donors (Lipinski definition) is 0. The van der Waals surface area contributed by atoms with E-state index in [9.17, 15) is 8.78 Å². The predicted molar refractivity (Wildman–Crippen MR) is 77.2 cm³/mol. The Morgan fingerprint density at radius 1 is 1.05 bits per heavy atom. The minimum Gasteiger partial charge on any atom is -0.491 e. The Morgan fingerprint density at radius 2 is 1.75 bits per heavy atom. The molecule has 0 radical (unpaired) electrons. The van der Waals surface area contributed by atoms with Crippen LogP contribution < -0.4 is 4.74 Å². The largest absolute Gasteiger partial charge is 0.491 e. The average Bonchev–Trinajstić information content (AvgIpc) is 2.45. The van der Waals surface area contributed by atoms with Crippen molar-refractivity contribution in [1.82, 2.24) is 0 Å². The predicted octanol–water partition coefficient (Wildman–Crippen LogP) is 5.37. The molecule has 1 aliphatic carbocycles. The molecule has 0 N–H and O–H groups in total. The topological polar surface area (TPSA) is 9.23 Å². The van der Waals surface area contributed by atoms with Gasteiger partial charge in [-0.2, -0.15) is 4.39 Å². The molecule has 112 valence electrons. The van der Waals surface area contributed by atoms with Crippen molar-refractivity contribution >= 4 is 0 Å². The third kappa shape index (κ3) is 2.82. The van der Waals surface area contributed by atoms with Crippen LogP contribution in [0.15, 0.2) is 12.1 Å². The summed E-state index contributed by atoms with van der Waals surface area (Å²) in [6.45, 7) is 4.22. The molecule has 20 heavy (non-hydrogen) atoms. The van der Waals surface area contributed by atoms with E-state index in [0.717, 1.165) is 38.5 Å². The Bertz CT molecular complexity index is 445. The first-order valence-corrected chi connectivity index (χ1v) is 7.76. The first kappa shape index (κ1) is 15.3. The van der Waals surface area contributed by atoms with Gasteiger partial charge in [-0.3, -0.25) is 0 Å². The summed E-state index contributed by atoms with van der Waals surface area (Å²) in [4.78, 5) is 0. The summed E-state index contributed by atoms with van der Waals surface area (Å²) in [5, 5.41) is 0. The highest BCUT2D eigenvalue weighted by atomic mass is 19.2. The van der Waals surface area contributed by atoms with Crippen molar-refractivity contribution in [3.63, 3.8) is 0 Å². The number of halogens is 2. The van der Waals surface area contributed by atoms with Crippen LogP contribution in [0, 0.1) is 11.6 Å². The van der Waals surface area contributed by atoms with Crippen molar-refractivity contribution in [2.75, 3.05) is 6.61 Å². The zero-order valence-corrected chi connectivity index (χ0v) is 12.5. The molecule has 0 heterocycles. The van der Waals surface area contributed by atoms with Gasteiger partial charge in [0.15, 0.2) is 11.6 Å². The zero-order valence-electron chi connectivity index (χ0n) is 12.5. The van der Waals surface area contributed by atoms with Crippen LogP contribution in [0.2, 0.25) is 0 Å². The molecule has 1 fully saturated rings. The second-order valence-electron chi connectivity index (χ2n) is 5.76. The van der Waals surface area contributed by atoms with E-state index < -0.39 is 11.6 Å². The average molecular weight is 282 g/mol. The molecule has 0 saturated heterocycles. The minimum atomic E-state index is -0.828. The summed E-state index contributed by atoms with van der Waals surface area (Å²) in [5.74, 6) is -1.51. The number of ether oxygens (including phenoxy) is 1. The van der Waals surface area contributed by atoms with Gasteiger partial charge < -0.3 is 4.74 Å². The molecular formula is C17H24F2O. The van der Waals surface area contributed by atoms with Gasteiger partial charge in [0.2, 0.25) is 5.82 Å². The molecule has 0 unspecified atom stereocenters. The van der Waals surface area contributed by atoms with Crippen molar-refractivity contribution in [1.29, 1.82) is 0 Å². The SMILES string of the molecule is CCCC1(c2ccc(OCC)c(F)c2F)CCCCC1. The molecule has 2 rings (SSSR count). The number of hydrogen-bond acceptors (Lipinski definition) is 1. The second kappa shape index (κ2) is 6.55. The number of rotatable bonds is 5. The summed E-state index contributed by atoms with van der Waals surface area (Å²) in [6, 6.07) is 3.33. The first-order valence-electron chi connectivity index (χ1n) is 7.76. The Hall–Kier alpha value is -1.12. The molecule has 1 saturated carbocycles. The Balaban J connectivity index is 2.41. The van der Waals surface area contributed by atoms with Gasteiger partial charge in [0, 0.05) is 0 Å². The normalized spacial score (nSPS) is 18.0. The van der Waals surface area contributed by atoms with Gasteiger partial charge in [-0.25, -0.2) is 4.39 Å². The van der Waals surface area contributed by atoms with E-state index in [4.69, 9.17) is 4.74 Å². The van der Waals surface area contributed by atoms with Crippen LogP contribution in [0.5, 0.6) is 5.75 Å². The summed E-state index contributed by atoms with van der Waals surface area (Å²) >= 11 is 0. The molecule has 1 aromatic carbocycles. The maximum Gasteiger partial charge on any atom is 0.200 e. The van der Waals surface area contributed by atoms with E-state index in [2.05, 4.69) is 6.92 Å². The van der Waals surface area contributed by atoms with Gasteiger partial charge in [-0.15, -0.1) is 0 Å². The van der Waals surface area contributed by atoms with E-state index in [1.165, 1.54) is 6.42 Å². The molecule has 1 nitrogen and oxygen atoms in total. The molecule has 1 aliphatic rings. The standard InChI is InChI=1S/C17H24F2O/c1-3-10-17(11-6-5-7-12-17)13-8-9-14(20-4-2)16(19)15(13)18/h8-9H,3-7,10-12H2,1-2H3. The summed E-state index contributed by atoms with van der Waals surface area (Å²) in [7, 11) is 0. The van der Waals surface area contributed by atoms with E-state index in [1.807, 2.05) is 0 Å². The zero-order chi connectivity index (χ0) is 14.6. The van der Waals surface area contributed by atoms with E-state index in [0.29, 0.717) is 12.2 Å². The lowest BCUT2D eigenvalue weighted by atomic mass is 9.67. The van der Waals surface area contributed by atoms with Gasteiger partial charge in [-0.1, -0.05) is 38.7 Å². The van der Waals surface area contributed by atoms with Crippen LogP contribution >= 0.6 is 0 Å². The first-order chi connectivity index (χ1) is 9.64. The van der Waals surface area contributed by atoms with E-state index in [-0.39, 0.29) is 11.2 Å². The Labute approximate surface area is 120 Å². The lowest BCUT2D eigenvalue weighted by molar-refractivity contribution is 0.257. The lowest BCUT2D eigenvalue weighted by Crippen LogP contribution is -2.30. The quantitative estimate of drug-likeness (QED) is 0.706. The highest BCUT2D eigenvalue weighted by molar-refractivity contribution is 5.36. The highest BCUT2D eigenvalue weighted by Gasteiger charge is 2.36. The van der Waals surface area contributed by atoms with Crippen LogP contribution in [0.25, 0.3) is 0 Å². The molecule has 0 aliphatic heterocycles. The fourth-order valence-corrected chi connectivity index (χ4v) is 3.57. The molecule has 0 amide bonds. The van der Waals surface area contributed by atoms with Gasteiger partial charge in [0.05, 0.1) is 6.61 Å². The van der Waals surface area contributed by atoms with Crippen molar-refractivity contribution in [2.24, 2.45) is 0 Å². The van der Waals surface area contributed by atoms with Gasteiger partial charge in [0.1, 0.15) is 0 Å². The van der Waals surface area contributed by atoms with Crippen LogP contribution in [0.3, 0.4) is 0 Å². The van der Waals surface area contributed by atoms with Gasteiger partial charge >= 0.3 is 0 Å². The van der Waals surface area contributed by atoms with Crippen molar-refractivity contribution < 1.29 is 13.5 Å². The Morgan fingerprint density at radius 3 is 2.35 bits per heavy atom. The third-order valence-electron chi connectivity index (χ3n) is 4.46. The summed E-state index contributed by atoms with van der Waals surface area (Å²) in [6.07, 6.45) is 7.26. The monoisotopic (exact) mass is 282 g/mol. The van der Waals surface area contributed by atoms with Gasteiger partial charge in [0.25, 0.3) is 0 Å². The third-order valence-corrected chi connectivity index (χ3v) is 4.46. The maximum atomic E-state index is 14.5. The van der Waals surface area contributed by atoms with Crippen molar-refractivity contribution in [3.8, 4) is 5.75 Å². The van der Waals surface area contributed by atoms with Crippen LogP contribution in [0.4, 0.5) is 8.78 Å². The van der Waals surface area contributed by atoms with Crippen LogP contribution in [-0.4, -0.2) is 6.61 Å². The summed E-state index contributed by atoms with van der Waals surface area (Å²) < 4.78 is 33.7. The molecule has 3 heteroatoms. The van der Waals surface area contributed by atoms with Crippen LogP contribution in [-0.2, 0) is 5.41 Å². The Kier molecular flexibility index (Phi) is 5.00. The summed E-state index contributed by atoms with van der Waals surface area (Å²) in [5.41, 5.74) is 0.378. The lowest BCUT2D eigenvalue weighted by Gasteiger charge is -2.38. The minimum absolute atomic E-state index is 0.0243. The molecule has 0 aromatic heterocycles. The fourth-order valence-electron chi connectivity index (χ4n) is 3.57. The highest BCUT2D eigenvalue weighted by Crippen LogP contribution is 2.45. The molecular weight excluding hydrogens is 258 g/mol. The number of benzene rings is 1. The molecule has 1 aromatic rings. The maximum absolute atomic E-state index is 14.5. The molecule has 0 spiro atoms. The van der Waals surface area contributed by atoms with E-state index in [1.54, 1.807) is 19.1 Å². The smallest absolute Gasteiger partial charge is 0.200 e. The van der Waals surface area contributed by atoms with E-state index >= 15 is 0 Å². The molecule has 0 atom stereocenters. The fraction of sp³-hybridized carbons (Fsp3) is 0.647.